The maximum absolute atomic E-state index is 12.0. The van der Waals surface area contributed by atoms with E-state index in [9.17, 15) is 13.2 Å². The first-order valence-electron chi connectivity index (χ1n) is 6.45. The SMILES string of the molecule is CCCCCC(=O)CCS(=O)(=O)c1ccc(Cl)cc1. The number of rotatable bonds is 8. The van der Waals surface area contributed by atoms with Crippen molar-refractivity contribution in [1.29, 1.82) is 0 Å². The summed E-state index contributed by atoms with van der Waals surface area (Å²) in [5.41, 5.74) is 0. The van der Waals surface area contributed by atoms with Crippen LogP contribution in [0.4, 0.5) is 0 Å². The topological polar surface area (TPSA) is 51.2 Å². The Balaban J connectivity index is 2.51. The second kappa shape index (κ2) is 7.65. The summed E-state index contributed by atoms with van der Waals surface area (Å²) < 4.78 is 24.0. The van der Waals surface area contributed by atoms with E-state index in [-0.39, 0.29) is 22.9 Å². The minimum atomic E-state index is -3.38. The van der Waals surface area contributed by atoms with E-state index >= 15 is 0 Å². The fourth-order valence-corrected chi connectivity index (χ4v) is 3.11. The second-order valence-electron chi connectivity index (χ2n) is 4.52. The van der Waals surface area contributed by atoms with Gasteiger partial charge in [-0.1, -0.05) is 31.4 Å². The predicted octanol–water partition coefficient (Wildman–Crippen LogP) is 3.65. The lowest BCUT2D eigenvalue weighted by Gasteiger charge is -2.04. The molecule has 1 aromatic carbocycles. The van der Waals surface area contributed by atoms with Crippen molar-refractivity contribution in [3.63, 3.8) is 0 Å². The van der Waals surface area contributed by atoms with Crippen molar-refractivity contribution in [1.82, 2.24) is 0 Å². The molecular formula is C14H19ClO3S. The van der Waals surface area contributed by atoms with E-state index < -0.39 is 9.84 Å². The Kier molecular flexibility index (Phi) is 6.52. The van der Waals surface area contributed by atoms with E-state index in [4.69, 9.17) is 11.6 Å². The number of benzene rings is 1. The van der Waals surface area contributed by atoms with Gasteiger partial charge in [-0.15, -0.1) is 0 Å². The number of Topliss-reactive ketones (excluding diaryl/α,β-unsaturated/α-hetero) is 1. The highest BCUT2D eigenvalue weighted by Crippen LogP contribution is 2.16. The Morgan fingerprint density at radius 2 is 1.74 bits per heavy atom. The van der Waals surface area contributed by atoms with Gasteiger partial charge in [-0.05, 0) is 30.7 Å². The van der Waals surface area contributed by atoms with Crippen LogP contribution in [0.25, 0.3) is 0 Å². The Morgan fingerprint density at radius 1 is 1.11 bits per heavy atom. The summed E-state index contributed by atoms with van der Waals surface area (Å²) in [5, 5.41) is 0.495. The third kappa shape index (κ3) is 5.74. The lowest BCUT2D eigenvalue weighted by Crippen LogP contribution is -2.11. The monoisotopic (exact) mass is 302 g/mol. The molecule has 0 saturated heterocycles. The largest absolute Gasteiger partial charge is 0.300 e. The van der Waals surface area contributed by atoms with Gasteiger partial charge in [-0.2, -0.15) is 0 Å². The Hall–Kier alpha value is -0.870. The van der Waals surface area contributed by atoms with Gasteiger partial charge in [0, 0.05) is 17.9 Å². The summed E-state index contributed by atoms with van der Waals surface area (Å²) in [6, 6.07) is 6.02. The van der Waals surface area contributed by atoms with Crippen LogP contribution in [0.1, 0.15) is 39.0 Å². The van der Waals surface area contributed by atoms with Crippen molar-refractivity contribution >= 4 is 27.2 Å². The molecule has 106 valence electrons. The van der Waals surface area contributed by atoms with Crippen molar-refractivity contribution in [3.8, 4) is 0 Å². The number of hydrogen-bond donors (Lipinski definition) is 0. The highest BCUT2D eigenvalue weighted by molar-refractivity contribution is 7.91. The van der Waals surface area contributed by atoms with E-state index in [0.29, 0.717) is 11.4 Å². The normalized spacial score (nSPS) is 11.5. The summed E-state index contributed by atoms with van der Waals surface area (Å²) in [5.74, 6) is -0.106. The lowest BCUT2D eigenvalue weighted by molar-refractivity contribution is -0.118. The average molecular weight is 303 g/mol. The predicted molar refractivity (Wildman–Crippen MR) is 77.3 cm³/mol. The molecule has 0 bridgehead atoms. The molecule has 0 atom stereocenters. The van der Waals surface area contributed by atoms with Gasteiger partial charge >= 0.3 is 0 Å². The Bertz CT molecular complexity index is 506. The molecule has 0 heterocycles. The lowest BCUT2D eigenvalue weighted by atomic mass is 10.1. The molecule has 0 aliphatic carbocycles. The van der Waals surface area contributed by atoms with Crippen molar-refractivity contribution in [3.05, 3.63) is 29.3 Å². The van der Waals surface area contributed by atoms with Gasteiger partial charge in [0.1, 0.15) is 5.78 Å². The second-order valence-corrected chi connectivity index (χ2v) is 7.06. The zero-order valence-electron chi connectivity index (χ0n) is 11.1. The van der Waals surface area contributed by atoms with Crippen molar-refractivity contribution in [2.24, 2.45) is 0 Å². The number of halogens is 1. The molecular weight excluding hydrogens is 284 g/mol. The molecule has 1 rings (SSSR count). The molecule has 5 heteroatoms. The van der Waals surface area contributed by atoms with Crippen molar-refractivity contribution < 1.29 is 13.2 Å². The van der Waals surface area contributed by atoms with Crippen molar-refractivity contribution in [2.45, 2.75) is 43.9 Å². The summed E-state index contributed by atoms with van der Waals surface area (Å²) >= 11 is 5.71. The number of unbranched alkanes of at least 4 members (excludes halogenated alkanes) is 2. The average Bonchev–Trinajstić information content (AvgIpc) is 2.37. The molecule has 0 spiro atoms. The minimum absolute atomic E-state index is 0.0194. The van der Waals surface area contributed by atoms with Gasteiger partial charge in [0.15, 0.2) is 9.84 Å². The first-order chi connectivity index (χ1) is 8.95. The molecule has 0 amide bonds. The molecule has 0 saturated carbocycles. The third-order valence-corrected chi connectivity index (χ3v) is 4.87. The highest BCUT2D eigenvalue weighted by Gasteiger charge is 2.16. The molecule has 0 fully saturated rings. The van der Waals surface area contributed by atoms with Crippen LogP contribution >= 0.6 is 11.6 Å². The summed E-state index contributed by atoms with van der Waals surface area (Å²) in [6.45, 7) is 2.06. The zero-order chi connectivity index (χ0) is 14.3. The quantitative estimate of drug-likeness (QED) is 0.689. The van der Waals surface area contributed by atoms with Gasteiger partial charge in [0.2, 0.25) is 0 Å². The molecule has 3 nitrogen and oxygen atoms in total. The summed E-state index contributed by atoms with van der Waals surface area (Å²) in [6.07, 6.45) is 3.47. The molecule has 0 N–H and O–H groups in total. The van der Waals surface area contributed by atoms with Gasteiger partial charge in [0.05, 0.1) is 10.6 Å². The summed E-state index contributed by atoms with van der Waals surface area (Å²) in [4.78, 5) is 11.8. The van der Waals surface area contributed by atoms with Crippen LogP contribution in [0, 0.1) is 0 Å². The van der Waals surface area contributed by atoms with Crippen LogP contribution in [0.5, 0.6) is 0 Å². The number of carbonyl (C=O) groups is 1. The first-order valence-corrected chi connectivity index (χ1v) is 8.49. The highest BCUT2D eigenvalue weighted by atomic mass is 35.5. The molecule has 0 unspecified atom stereocenters. The van der Waals surface area contributed by atoms with E-state index in [0.717, 1.165) is 19.3 Å². The van der Waals surface area contributed by atoms with Gasteiger partial charge in [0.25, 0.3) is 0 Å². The number of ketones is 1. The van der Waals surface area contributed by atoms with E-state index in [1.54, 1.807) is 0 Å². The standard InChI is InChI=1S/C14H19ClO3S/c1-2-3-4-5-13(16)10-11-19(17,18)14-8-6-12(15)7-9-14/h6-9H,2-5,10-11H2,1H3. The maximum Gasteiger partial charge on any atom is 0.178 e. The fraction of sp³-hybridized carbons (Fsp3) is 0.500. The van der Waals surface area contributed by atoms with Crippen LogP contribution in [-0.4, -0.2) is 20.0 Å². The Labute approximate surface area is 119 Å². The van der Waals surface area contributed by atoms with Gasteiger partial charge in [-0.3, -0.25) is 4.79 Å². The molecule has 1 aromatic rings. The molecule has 0 aliphatic rings. The van der Waals surface area contributed by atoms with E-state index in [1.807, 2.05) is 0 Å². The number of sulfone groups is 1. The summed E-state index contributed by atoms with van der Waals surface area (Å²) in [7, 11) is -3.38. The van der Waals surface area contributed by atoms with Crippen LogP contribution in [0.2, 0.25) is 5.02 Å². The van der Waals surface area contributed by atoms with Gasteiger partial charge < -0.3 is 0 Å². The van der Waals surface area contributed by atoms with Crippen molar-refractivity contribution in [2.75, 3.05) is 5.75 Å². The third-order valence-electron chi connectivity index (χ3n) is 2.88. The number of hydrogen-bond acceptors (Lipinski definition) is 3. The van der Waals surface area contributed by atoms with E-state index in [2.05, 4.69) is 6.92 Å². The fourth-order valence-electron chi connectivity index (χ4n) is 1.71. The Morgan fingerprint density at radius 3 is 2.32 bits per heavy atom. The molecule has 0 aromatic heterocycles. The van der Waals surface area contributed by atoms with Crippen LogP contribution in [0.3, 0.4) is 0 Å². The minimum Gasteiger partial charge on any atom is -0.300 e. The molecule has 19 heavy (non-hydrogen) atoms. The van der Waals surface area contributed by atoms with Gasteiger partial charge in [-0.25, -0.2) is 8.42 Å². The maximum atomic E-state index is 12.0. The number of carbonyl (C=O) groups excluding carboxylic acids is 1. The van der Waals surface area contributed by atoms with Crippen LogP contribution < -0.4 is 0 Å². The molecule has 0 aliphatic heterocycles. The van der Waals surface area contributed by atoms with Crippen LogP contribution in [0.15, 0.2) is 29.2 Å². The molecule has 0 radical (unpaired) electrons. The van der Waals surface area contributed by atoms with Crippen LogP contribution in [-0.2, 0) is 14.6 Å². The first kappa shape index (κ1) is 16.2. The smallest absolute Gasteiger partial charge is 0.178 e. The van der Waals surface area contributed by atoms with E-state index in [1.165, 1.54) is 24.3 Å². The zero-order valence-corrected chi connectivity index (χ0v) is 12.6.